The zero-order chi connectivity index (χ0) is 7.28. The molecule has 0 radical (unpaired) electrons. The molecular weight excluding hydrogens is 114 g/mol. The van der Waals surface area contributed by atoms with E-state index in [2.05, 4.69) is 6.92 Å². The summed E-state index contributed by atoms with van der Waals surface area (Å²) in [5.41, 5.74) is 5.34. The van der Waals surface area contributed by atoms with Gasteiger partial charge in [0.15, 0.2) is 0 Å². The Morgan fingerprint density at radius 2 is 2.22 bits per heavy atom. The molecule has 0 saturated heterocycles. The summed E-state index contributed by atoms with van der Waals surface area (Å²) in [4.78, 5) is 10.7. The number of Topliss-reactive ketones (excluding diaryl/α,β-unsaturated/α-hetero) is 1. The summed E-state index contributed by atoms with van der Waals surface area (Å²) in [6, 6.07) is 0. The monoisotopic (exact) mass is 129 g/mol. The molecule has 0 heterocycles. The quantitative estimate of drug-likeness (QED) is 0.614. The van der Waals surface area contributed by atoms with Crippen LogP contribution < -0.4 is 5.73 Å². The van der Waals surface area contributed by atoms with Gasteiger partial charge in [-0.1, -0.05) is 13.3 Å². The summed E-state index contributed by atoms with van der Waals surface area (Å²) in [5, 5.41) is 0. The molecule has 0 fully saturated rings. The van der Waals surface area contributed by atoms with E-state index in [0.29, 0.717) is 6.54 Å². The Bertz CT molecular complexity index is 90.9. The molecule has 9 heavy (non-hydrogen) atoms. The van der Waals surface area contributed by atoms with Gasteiger partial charge in [0.2, 0.25) is 0 Å². The number of nitrogens with two attached hydrogens (primary N) is 1. The Morgan fingerprint density at radius 3 is 2.33 bits per heavy atom. The fourth-order valence-electron chi connectivity index (χ4n) is 0.836. The molecule has 54 valence electrons. The highest BCUT2D eigenvalue weighted by Gasteiger charge is 2.08. The molecular formula is C7H15NO. The van der Waals surface area contributed by atoms with Crippen LogP contribution in [0.25, 0.3) is 0 Å². The maximum absolute atomic E-state index is 10.7. The third kappa shape index (κ3) is 3.25. The third-order valence-electron chi connectivity index (χ3n) is 1.50. The van der Waals surface area contributed by atoms with Gasteiger partial charge in [-0.05, 0) is 13.3 Å². The molecule has 1 atom stereocenters. The van der Waals surface area contributed by atoms with Crippen molar-refractivity contribution in [3.63, 3.8) is 0 Å². The predicted octanol–water partition coefficient (Wildman–Crippen LogP) is 0.950. The van der Waals surface area contributed by atoms with Crippen molar-refractivity contribution < 1.29 is 4.79 Å². The van der Waals surface area contributed by atoms with Gasteiger partial charge in [0.25, 0.3) is 0 Å². The second kappa shape index (κ2) is 4.50. The van der Waals surface area contributed by atoms with Gasteiger partial charge in [0.1, 0.15) is 5.78 Å². The van der Waals surface area contributed by atoms with E-state index in [9.17, 15) is 4.79 Å². The van der Waals surface area contributed by atoms with Gasteiger partial charge in [0.05, 0.1) is 0 Å². The first kappa shape index (κ1) is 8.63. The van der Waals surface area contributed by atoms with Crippen molar-refractivity contribution in [2.75, 3.05) is 6.54 Å². The van der Waals surface area contributed by atoms with Crippen LogP contribution in [0.4, 0.5) is 0 Å². The van der Waals surface area contributed by atoms with Gasteiger partial charge < -0.3 is 5.73 Å². The number of carbonyl (C=O) groups excluding carboxylic acids is 1. The lowest BCUT2D eigenvalue weighted by atomic mass is 10.0. The summed E-state index contributed by atoms with van der Waals surface area (Å²) >= 11 is 0. The Kier molecular flexibility index (Phi) is 4.32. The van der Waals surface area contributed by atoms with E-state index in [4.69, 9.17) is 5.73 Å². The molecule has 0 rings (SSSR count). The van der Waals surface area contributed by atoms with E-state index < -0.39 is 0 Å². The second-order valence-electron chi connectivity index (χ2n) is 2.33. The lowest BCUT2D eigenvalue weighted by Crippen LogP contribution is -2.20. The van der Waals surface area contributed by atoms with Crippen molar-refractivity contribution in [1.29, 1.82) is 0 Å². The molecule has 0 aliphatic rings. The van der Waals surface area contributed by atoms with E-state index in [1.54, 1.807) is 6.92 Å². The first-order valence-corrected chi connectivity index (χ1v) is 3.42. The van der Waals surface area contributed by atoms with Crippen LogP contribution in [0.3, 0.4) is 0 Å². The topological polar surface area (TPSA) is 43.1 Å². The molecule has 0 aliphatic carbocycles. The largest absolute Gasteiger partial charge is 0.330 e. The summed E-state index contributed by atoms with van der Waals surface area (Å²) in [6.45, 7) is 4.17. The zero-order valence-corrected chi connectivity index (χ0v) is 6.18. The Balaban J connectivity index is 3.54. The second-order valence-corrected chi connectivity index (χ2v) is 2.33. The van der Waals surface area contributed by atoms with Crippen molar-refractivity contribution in [1.82, 2.24) is 0 Å². The minimum Gasteiger partial charge on any atom is -0.330 e. The highest BCUT2D eigenvalue weighted by Crippen LogP contribution is 2.04. The number of ketones is 1. The van der Waals surface area contributed by atoms with Crippen LogP contribution >= 0.6 is 0 Å². The van der Waals surface area contributed by atoms with Gasteiger partial charge in [-0.2, -0.15) is 0 Å². The van der Waals surface area contributed by atoms with Crippen LogP contribution in [0, 0.1) is 5.92 Å². The van der Waals surface area contributed by atoms with Crippen LogP contribution in [-0.2, 0) is 4.79 Å². The van der Waals surface area contributed by atoms with Crippen molar-refractivity contribution in [2.45, 2.75) is 26.7 Å². The summed E-state index contributed by atoms with van der Waals surface area (Å²) in [7, 11) is 0. The van der Waals surface area contributed by atoms with Crippen LogP contribution in [0.5, 0.6) is 0 Å². The molecule has 0 bridgehead atoms. The van der Waals surface area contributed by atoms with E-state index in [1.807, 2.05) is 0 Å². The molecule has 0 spiro atoms. The number of hydrogen-bond acceptors (Lipinski definition) is 2. The number of hydrogen-bond donors (Lipinski definition) is 1. The highest BCUT2D eigenvalue weighted by molar-refractivity contribution is 5.78. The fourth-order valence-corrected chi connectivity index (χ4v) is 0.836. The molecule has 2 nitrogen and oxygen atoms in total. The van der Waals surface area contributed by atoms with Gasteiger partial charge >= 0.3 is 0 Å². The van der Waals surface area contributed by atoms with E-state index >= 15 is 0 Å². The minimum absolute atomic E-state index is 0.106. The van der Waals surface area contributed by atoms with Crippen LogP contribution in [0.15, 0.2) is 0 Å². The average molecular weight is 129 g/mol. The fraction of sp³-hybridized carbons (Fsp3) is 0.857. The van der Waals surface area contributed by atoms with Gasteiger partial charge in [-0.15, -0.1) is 0 Å². The van der Waals surface area contributed by atoms with Crippen molar-refractivity contribution >= 4 is 5.78 Å². The minimum atomic E-state index is 0.106. The Morgan fingerprint density at radius 1 is 1.67 bits per heavy atom. The molecule has 2 N–H and O–H groups in total. The predicted molar refractivity (Wildman–Crippen MR) is 38.1 cm³/mol. The van der Waals surface area contributed by atoms with E-state index in [1.165, 1.54) is 0 Å². The van der Waals surface area contributed by atoms with E-state index in [-0.39, 0.29) is 11.7 Å². The Labute approximate surface area is 56.4 Å². The number of rotatable bonds is 4. The maximum atomic E-state index is 10.7. The van der Waals surface area contributed by atoms with Crippen LogP contribution in [0.1, 0.15) is 26.7 Å². The molecule has 0 aromatic carbocycles. The molecule has 0 aromatic heterocycles. The molecule has 0 aromatic rings. The van der Waals surface area contributed by atoms with Crippen molar-refractivity contribution in [3.05, 3.63) is 0 Å². The summed E-state index contributed by atoms with van der Waals surface area (Å²) < 4.78 is 0. The molecule has 2 heteroatoms. The van der Waals surface area contributed by atoms with Crippen LogP contribution in [0.2, 0.25) is 0 Å². The Hall–Kier alpha value is -0.370. The van der Waals surface area contributed by atoms with Crippen molar-refractivity contribution in [3.8, 4) is 0 Å². The normalized spacial score (nSPS) is 13.2. The SMILES string of the molecule is CCC[C@@H](CN)C(C)=O. The van der Waals surface area contributed by atoms with Crippen molar-refractivity contribution in [2.24, 2.45) is 11.7 Å². The standard InChI is InChI=1S/C7H15NO/c1-3-4-7(5-8)6(2)9/h7H,3-5,8H2,1-2H3/t7-/m0/s1. The van der Waals surface area contributed by atoms with Gasteiger partial charge in [-0.25, -0.2) is 0 Å². The van der Waals surface area contributed by atoms with Gasteiger partial charge in [0, 0.05) is 12.5 Å². The molecule has 0 unspecified atom stereocenters. The number of carbonyl (C=O) groups is 1. The lowest BCUT2D eigenvalue weighted by molar-refractivity contribution is -0.120. The maximum Gasteiger partial charge on any atom is 0.134 e. The third-order valence-corrected chi connectivity index (χ3v) is 1.50. The van der Waals surface area contributed by atoms with Crippen LogP contribution in [-0.4, -0.2) is 12.3 Å². The lowest BCUT2D eigenvalue weighted by Gasteiger charge is -2.07. The summed E-state index contributed by atoms with van der Waals surface area (Å²) in [6.07, 6.45) is 1.98. The first-order chi connectivity index (χ1) is 4.22. The first-order valence-electron chi connectivity index (χ1n) is 3.42. The highest BCUT2D eigenvalue weighted by atomic mass is 16.1. The van der Waals surface area contributed by atoms with E-state index in [0.717, 1.165) is 12.8 Å². The summed E-state index contributed by atoms with van der Waals surface area (Å²) in [5.74, 6) is 0.328. The molecule has 0 aliphatic heterocycles. The molecule has 0 amide bonds. The smallest absolute Gasteiger partial charge is 0.134 e. The average Bonchev–Trinajstić information content (AvgIpc) is 1.82. The molecule has 0 saturated carbocycles. The zero-order valence-electron chi connectivity index (χ0n) is 6.18. The van der Waals surface area contributed by atoms with Gasteiger partial charge in [-0.3, -0.25) is 4.79 Å².